The van der Waals surface area contributed by atoms with E-state index in [1.165, 1.54) is 5.56 Å². The van der Waals surface area contributed by atoms with Gasteiger partial charge in [-0.3, -0.25) is 0 Å². The summed E-state index contributed by atoms with van der Waals surface area (Å²) in [4.78, 5) is 4.46. The molecule has 0 radical (unpaired) electrons. The van der Waals surface area contributed by atoms with Crippen molar-refractivity contribution in [2.45, 2.75) is 38.1 Å². The molecule has 1 aromatic heterocycles. The van der Waals surface area contributed by atoms with E-state index in [0.717, 1.165) is 31.2 Å². The van der Waals surface area contributed by atoms with E-state index >= 15 is 0 Å². The molecule has 18 heavy (non-hydrogen) atoms. The van der Waals surface area contributed by atoms with Crippen LogP contribution in [-0.4, -0.2) is 10.1 Å². The number of hydrogen-bond acceptors (Lipinski definition) is 4. The summed E-state index contributed by atoms with van der Waals surface area (Å²) in [6, 6.07) is 8.09. The zero-order valence-corrected chi connectivity index (χ0v) is 10.5. The van der Waals surface area contributed by atoms with Crippen LogP contribution in [0.15, 0.2) is 28.8 Å². The van der Waals surface area contributed by atoms with E-state index in [0.29, 0.717) is 11.7 Å². The van der Waals surface area contributed by atoms with Crippen molar-refractivity contribution in [3.63, 3.8) is 0 Å². The summed E-state index contributed by atoms with van der Waals surface area (Å²) >= 11 is 0. The fourth-order valence-corrected chi connectivity index (χ4v) is 2.47. The SMILES string of the molecule is Cc1ccc(-c2noc(C3(N)CCCC3)n2)cc1. The van der Waals surface area contributed by atoms with Crippen LogP contribution in [-0.2, 0) is 5.54 Å². The van der Waals surface area contributed by atoms with Crippen molar-refractivity contribution in [3.05, 3.63) is 35.7 Å². The number of nitrogens with two attached hydrogens (primary N) is 1. The highest BCUT2D eigenvalue weighted by Crippen LogP contribution is 2.35. The lowest BCUT2D eigenvalue weighted by molar-refractivity contribution is 0.285. The predicted molar refractivity (Wildman–Crippen MR) is 68.8 cm³/mol. The second kappa shape index (κ2) is 4.21. The van der Waals surface area contributed by atoms with Crippen molar-refractivity contribution in [1.29, 1.82) is 0 Å². The van der Waals surface area contributed by atoms with Crippen LogP contribution in [0.3, 0.4) is 0 Å². The first-order valence-electron chi connectivity index (χ1n) is 6.37. The van der Waals surface area contributed by atoms with Gasteiger partial charge in [-0.05, 0) is 19.8 Å². The molecule has 3 rings (SSSR count). The van der Waals surface area contributed by atoms with Gasteiger partial charge in [-0.25, -0.2) is 0 Å². The van der Waals surface area contributed by atoms with E-state index in [4.69, 9.17) is 10.3 Å². The molecular formula is C14H17N3O. The van der Waals surface area contributed by atoms with Crippen LogP contribution in [0.25, 0.3) is 11.4 Å². The summed E-state index contributed by atoms with van der Waals surface area (Å²) in [5.41, 5.74) is 8.08. The standard InChI is InChI=1S/C14H17N3O/c1-10-4-6-11(7-5-10)12-16-13(18-17-12)14(15)8-2-3-9-14/h4-7H,2-3,8-9,15H2,1H3. The Morgan fingerprint density at radius 3 is 2.50 bits per heavy atom. The molecule has 1 aliphatic rings. The molecule has 0 spiro atoms. The average molecular weight is 243 g/mol. The van der Waals surface area contributed by atoms with Crippen LogP contribution in [0, 0.1) is 6.92 Å². The minimum Gasteiger partial charge on any atom is -0.337 e. The molecule has 4 heteroatoms. The number of aromatic nitrogens is 2. The topological polar surface area (TPSA) is 64.9 Å². The lowest BCUT2D eigenvalue weighted by Crippen LogP contribution is -2.33. The second-order valence-corrected chi connectivity index (χ2v) is 5.15. The maximum absolute atomic E-state index is 6.30. The Hall–Kier alpha value is -1.68. The van der Waals surface area contributed by atoms with Gasteiger partial charge in [-0.15, -0.1) is 0 Å². The van der Waals surface area contributed by atoms with Crippen LogP contribution >= 0.6 is 0 Å². The summed E-state index contributed by atoms with van der Waals surface area (Å²) < 4.78 is 5.35. The maximum Gasteiger partial charge on any atom is 0.247 e. The van der Waals surface area contributed by atoms with Crippen molar-refractivity contribution in [3.8, 4) is 11.4 Å². The number of nitrogens with zero attached hydrogens (tertiary/aromatic N) is 2. The molecule has 4 nitrogen and oxygen atoms in total. The molecular weight excluding hydrogens is 226 g/mol. The van der Waals surface area contributed by atoms with Crippen molar-refractivity contribution in [2.75, 3.05) is 0 Å². The van der Waals surface area contributed by atoms with Gasteiger partial charge in [0.15, 0.2) is 0 Å². The fourth-order valence-electron chi connectivity index (χ4n) is 2.47. The Labute approximate surface area is 106 Å². The van der Waals surface area contributed by atoms with Crippen LogP contribution in [0.4, 0.5) is 0 Å². The highest BCUT2D eigenvalue weighted by Gasteiger charge is 2.36. The minimum atomic E-state index is -0.407. The number of aryl methyl sites for hydroxylation is 1. The van der Waals surface area contributed by atoms with Crippen LogP contribution in [0.1, 0.15) is 37.1 Å². The summed E-state index contributed by atoms with van der Waals surface area (Å²) in [6.45, 7) is 2.05. The third-order valence-corrected chi connectivity index (χ3v) is 3.66. The first kappa shape index (κ1) is 11.4. The van der Waals surface area contributed by atoms with E-state index in [-0.39, 0.29) is 0 Å². The Morgan fingerprint density at radius 1 is 1.17 bits per heavy atom. The Kier molecular flexibility index (Phi) is 2.67. The Morgan fingerprint density at radius 2 is 1.83 bits per heavy atom. The van der Waals surface area contributed by atoms with Gasteiger partial charge < -0.3 is 10.3 Å². The van der Waals surface area contributed by atoms with Gasteiger partial charge in [-0.2, -0.15) is 4.98 Å². The van der Waals surface area contributed by atoms with Crippen molar-refractivity contribution < 1.29 is 4.52 Å². The molecule has 0 bridgehead atoms. The quantitative estimate of drug-likeness (QED) is 0.880. The van der Waals surface area contributed by atoms with Gasteiger partial charge in [0.2, 0.25) is 11.7 Å². The van der Waals surface area contributed by atoms with Gasteiger partial charge in [0.05, 0.1) is 5.54 Å². The first-order valence-corrected chi connectivity index (χ1v) is 6.37. The highest BCUT2D eigenvalue weighted by molar-refractivity contribution is 5.54. The number of rotatable bonds is 2. The molecule has 2 N–H and O–H groups in total. The van der Waals surface area contributed by atoms with Gasteiger partial charge in [-0.1, -0.05) is 47.8 Å². The lowest BCUT2D eigenvalue weighted by Gasteiger charge is -2.17. The highest BCUT2D eigenvalue weighted by atomic mass is 16.5. The summed E-state index contributed by atoms with van der Waals surface area (Å²) in [6.07, 6.45) is 4.14. The molecule has 0 unspecified atom stereocenters. The molecule has 1 heterocycles. The fraction of sp³-hybridized carbons (Fsp3) is 0.429. The molecule has 0 amide bonds. The smallest absolute Gasteiger partial charge is 0.247 e. The van der Waals surface area contributed by atoms with Gasteiger partial charge in [0.1, 0.15) is 0 Å². The third-order valence-electron chi connectivity index (χ3n) is 3.66. The molecule has 2 aromatic rings. The van der Waals surface area contributed by atoms with Crippen LogP contribution in [0.5, 0.6) is 0 Å². The number of hydrogen-bond donors (Lipinski definition) is 1. The number of benzene rings is 1. The minimum absolute atomic E-state index is 0.407. The monoisotopic (exact) mass is 243 g/mol. The maximum atomic E-state index is 6.30. The largest absolute Gasteiger partial charge is 0.337 e. The predicted octanol–water partition coefficient (Wildman–Crippen LogP) is 2.77. The second-order valence-electron chi connectivity index (χ2n) is 5.15. The van der Waals surface area contributed by atoms with E-state index in [1.54, 1.807) is 0 Å². The van der Waals surface area contributed by atoms with Gasteiger partial charge >= 0.3 is 0 Å². The van der Waals surface area contributed by atoms with E-state index in [9.17, 15) is 0 Å². The molecule has 0 atom stereocenters. The van der Waals surface area contributed by atoms with Crippen LogP contribution in [0.2, 0.25) is 0 Å². The van der Waals surface area contributed by atoms with Crippen molar-refractivity contribution in [2.24, 2.45) is 5.73 Å². The van der Waals surface area contributed by atoms with Gasteiger partial charge in [0.25, 0.3) is 0 Å². The zero-order chi connectivity index (χ0) is 12.6. The average Bonchev–Trinajstić information content (AvgIpc) is 2.99. The lowest BCUT2D eigenvalue weighted by atomic mass is 9.99. The molecule has 0 aliphatic heterocycles. The first-order chi connectivity index (χ1) is 8.67. The molecule has 1 fully saturated rings. The normalized spacial score (nSPS) is 18.1. The third kappa shape index (κ3) is 1.93. The zero-order valence-electron chi connectivity index (χ0n) is 10.5. The molecule has 94 valence electrons. The molecule has 1 aliphatic carbocycles. The van der Waals surface area contributed by atoms with E-state index in [2.05, 4.69) is 17.1 Å². The van der Waals surface area contributed by atoms with Gasteiger partial charge in [0, 0.05) is 5.56 Å². The molecule has 1 aromatic carbocycles. The Bertz CT molecular complexity index is 538. The Balaban J connectivity index is 1.91. The molecule has 0 saturated heterocycles. The van der Waals surface area contributed by atoms with Crippen LogP contribution < -0.4 is 5.73 Å². The van der Waals surface area contributed by atoms with Crippen molar-refractivity contribution in [1.82, 2.24) is 10.1 Å². The summed E-state index contributed by atoms with van der Waals surface area (Å²) in [5, 5.41) is 4.04. The van der Waals surface area contributed by atoms with E-state index in [1.807, 2.05) is 24.3 Å². The van der Waals surface area contributed by atoms with E-state index < -0.39 is 5.54 Å². The summed E-state index contributed by atoms with van der Waals surface area (Å²) in [7, 11) is 0. The molecule has 1 saturated carbocycles. The van der Waals surface area contributed by atoms with Crippen molar-refractivity contribution >= 4 is 0 Å². The summed E-state index contributed by atoms with van der Waals surface area (Å²) in [5.74, 6) is 1.21.